The quantitative estimate of drug-likeness (QED) is 0.162. The summed E-state index contributed by atoms with van der Waals surface area (Å²) in [5.74, 6) is -3.99. The molecule has 0 radical (unpaired) electrons. The van der Waals surface area contributed by atoms with Gasteiger partial charge in [0.15, 0.2) is 0 Å². The van der Waals surface area contributed by atoms with Gasteiger partial charge in [0.2, 0.25) is 9.84 Å². The number of sulfone groups is 1. The smallest absolute Gasteiger partial charge is 0.338 e. The molecule has 0 unspecified atom stereocenters. The second-order valence-corrected chi connectivity index (χ2v) is 11.1. The second-order valence-electron chi connectivity index (χ2n) is 7.67. The third kappa shape index (κ3) is 5.71. The maximum atomic E-state index is 14.1. The van der Waals surface area contributed by atoms with Crippen molar-refractivity contribution >= 4 is 41.7 Å². The number of allylic oxidation sites excluding steroid dienone is 1. The summed E-state index contributed by atoms with van der Waals surface area (Å²) in [5, 5.41) is 19.8. The summed E-state index contributed by atoms with van der Waals surface area (Å²) in [6, 6.07) is 15.9. The third-order valence-electron chi connectivity index (χ3n) is 5.22. The standard InChI is InChI=1S/C25H18N2O9S2/c1-27-18(15-26)19-20(24(28)29)22(16-9-4-2-5-10-16)38(34,35)23(17-11-6-3-7-12-17)21(19)25(30)36-13-8-14-37(31,32)33/h2-7,9-12H,8,13-14H2,(H,28,29)(H,31,32,33)/b19-18+. The number of nitrogens with zero attached hydrogens (tertiary/aromatic N) is 2. The Kier molecular flexibility index (Phi) is 8.28. The lowest BCUT2D eigenvalue weighted by molar-refractivity contribution is -0.138. The molecule has 0 bridgehead atoms. The molecule has 0 saturated heterocycles. The molecule has 11 nitrogen and oxygen atoms in total. The van der Waals surface area contributed by atoms with Gasteiger partial charge < -0.3 is 9.84 Å². The minimum atomic E-state index is -4.80. The zero-order valence-electron chi connectivity index (χ0n) is 19.4. The molecule has 1 heterocycles. The first-order valence-electron chi connectivity index (χ1n) is 10.7. The Morgan fingerprint density at radius 3 is 1.89 bits per heavy atom. The number of carbonyl (C=O) groups excluding carboxylic acids is 1. The van der Waals surface area contributed by atoms with Gasteiger partial charge in [0, 0.05) is 5.57 Å². The SMILES string of the molecule is [C-]#[N+]/C(C#N)=C1\C(C(=O)O)=C(c2ccccc2)S(=O)(=O)C(c2ccccc2)=C1C(=O)OCCCS(=O)(=O)O. The van der Waals surface area contributed by atoms with Crippen molar-refractivity contribution in [3.63, 3.8) is 0 Å². The van der Waals surface area contributed by atoms with Crippen LogP contribution >= 0.6 is 0 Å². The first-order valence-corrected chi connectivity index (χ1v) is 13.8. The number of esters is 1. The van der Waals surface area contributed by atoms with E-state index in [9.17, 15) is 36.8 Å². The molecule has 2 aromatic carbocycles. The Hall–Kier alpha value is -4.56. The fourth-order valence-corrected chi connectivity index (χ4v) is 6.24. The van der Waals surface area contributed by atoms with Crippen LogP contribution in [0, 0.1) is 17.9 Å². The van der Waals surface area contributed by atoms with Gasteiger partial charge in [-0.15, -0.1) is 0 Å². The number of carbonyl (C=O) groups is 2. The fourth-order valence-electron chi connectivity index (χ4n) is 3.75. The molecule has 38 heavy (non-hydrogen) atoms. The number of carboxylic acid groups (broad SMARTS) is 1. The highest BCUT2D eigenvalue weighted by Gasteiger charge is 2.45. The zero-order chi connectivity index (χ0) is 28.1. The molecular formula is C25H18N2O9S2. The molecule has 3 rings (SSSR count). The normalized spacial score (nSPS) is 16.3. The molecule has 0 saturated carbocycles. The molecule has 13 heteroatoms. The Labute approximate surface area is 218 Å². The highest BCUT2D eigenvalue weighted by Crippen LogP contribution is 2.47. The summed E-state index contributed by atoms with van der Waals surface area (Å²) >= 11 is 0. The van der Waals surface area contributed by atoms with E-state index in [1.165, 1.54) is 54.6 Å². The summed E-state index contributed by atoms with van der Waals surface area (Å²) in [4.78, 5) is 27.5. The summed E-state index contributed by atoms with van der Waals surface area (Å²) in [6.07, 6.45) is -0.366. The molecule has 0 aliphatic carbocycles. The van der Waals surface area contributed by atoms with E-state index in [2.05, 4.69) is 4.85 Å². The lowest BCUT2D eigenvalue weighted by atomic mass is 9.91. The predicted molar refractivity (Wildman–Crippen MR) is 135 cm³/mol. The average molecular weight is 555 g/mol. The van der Waals surface area contributed by atoms with E-state index in [-0.39, 0.29) is 17.5 Å². The van der Waals surface area contributed by atoms with E-state index in [1.807, 2.05) is 0 Å². The molecule has 0 amide bonds. The minimum absolute atomic E-state index is 0.0463. The molecule has 0 aromatic heterocycles. The van der Waals surface area contributed by atoms with E-state index in [0.717, 1.165) is 0 Å². The molecule has 2 aromatic rings. The number of hydrogen-bond acceptors (Lipinski definition) is 8. The highest BCUT2D eigenvalue weighted by atomic mass is 32.2. The van der Waals surface area contributed by atoms with Gasteiger partial charge in [0.1, 0.15) is 0 Å². The van der Waals surface area contributed by atoms with Gasteiger partial charge in [0.25, 0.3) is 15.8 Å². The lowest BCUT2D eigenvalue weighted by Gasteiger charge is -2.26. The maximum Gasteiger partial charge on any atom is 0.338 e. The summed E-state index contributed by atoms with van der Waals surface area (Å²) in [5.41, 5.74) is -3.54. The van der Waals surface area contributed by atoms with Crippen molar-refractivity contribution in [1.82, 2.24) is 0 Å². The van der Waals surface area contributed by atoms with Gasteiger partial charge >= 0.3 is 11.9 Å². The van der Waals surface area contributed by atoms with Crippen LogP contribution in [0.5, 0.6) is 0 Å². The van der Waals surface area contributed by atoms with Crippen LogP contribution in [0.1, 0.15) is 17.5 Å². The van der Waals surface area contributed by atoms with Crippen molar-refractivity contribution in [2.45, 2.75) is 6.42 Å². The van der Waals surface area contributed by atoms with Crippen molar-refractivity contribution in [2.24, 2.45) is 0 Å². The predicted octanol–water partition coefficient (Wildman–Crippen LogP) is 2.84. The zero-order valence-corrected chi connectivity index (χ0v) is 21.0. The molecule has 1 aliphatic rings. The van der Waals surface area contributed by atoms with Crippen LogP contribution in [0.25, 0.3) is 14.7 Å². The number of carboxylic acids is 1. The maximum absolute atomic E-state index is 14.1. The van der Waals surface area contributed by atoms with E-state index in [0.29, 0.717) is 0 Å². The van der Waals surface area contributed by atoms with Crippen LogP contribution in [0.4, 0.5) is 0 Å². The minimum Gasteiger partial charge on any atom is -0.478 e. The molecule has 0 spiro atoms. The summed E-state index contributed by atoms with van der Waals surface area (Å²) in [6.45, 7) is 6.84. The molecular weight excluding hydrogens is 536 g/mol. The molecule has 194 valence electrons. The fraction of sp³-hybridized carbons (Fsp3) is 0.120. The van der Waals surface area contributed by atoms with Crippen LogP contribution in [0.3, 0.4) is 0 Å². The van der Waals surface area contributed by atoms with E-state index >= 15 is 0 Å². The highest BCUT2D eigenvalue weighted by molar-refractivity contribution is 8.09. The van der Waals surface area contributed by atoms with Gasteiger partial charge in [-0.25, -0.2) is 28.1 Å². The largest absolute Gasteiger partial charge is 0.478 e. The Morgan fingerprint density at radius 2 is 1.47 bits per heavy atom. The first-order chi connectivity index (χ1) is 17.9. The summed E-state index contributed by atoms with van der Waals surface area (Å²) in [7, 11) is -9.19. The average Bonchev–Trinajstić information content (AvgIpc) is 2.87. The van der Waals surface area contributed by atoms with Crippen molar-refractivity contribution in [3.05, 3.63) is 106 Å². The Balaban J connectivity index is 2.44. The Morgan fingerprint density at radius 1 is 0.974 bits per heavy atom. The van der Waals surface area contributed by atoms with Crippen LogP contribution in [-0.2, 0) is 34.3 Å². The molecule has 0 atom stereocenters. The topological polar surface area (TPSA) is 180 Å². The molecule has 1 aliphatic heterocycles. The van der Waals surface area contributed by atoms with Crippen LogP contribution in [-0.4, -0.2) is 50.8 Å². The van der Waals surface area contributed by atoms with Crippen LogP contribution < -0.4 is 0 Å². The third-order valence-corrected chi connectivity index (χ3v) is 7.97. The second kappa shape index (κ2) is 11.2. The van der Waals surface area contributed by atoms with Gasteiger partial charge in [0.05, 0.1) is 46.0 Å². The van der Waals surface area contributed by atoms with Crippen molar-refractivity contribution in [2.75, 3.05) is 12.4 Å². The number of aliphatic carboxylic acids is 1. The van der Waals surface area contributed by atoms with Crippen LogP contribution in [0.15, 0.2) is 83.1 Å². The number of hydrogen-bond donors (Lipinski definition) is 2. The van der Waals surface area contributed by atoms with E-state index in [1.54, 1.807) is 12.1 Å². The van der Waals surface area contributed by atoms with Gasteiger partial charge in [-0.3, -0.25) is 4.55 Å². The van der Waals surface area contributed by atoms with Gasteiger partial charge in [-0.1, -0.05) is 60.7 Å². The number of benzene rings is 2. The number of nitriles is 1. The first kappa shape index (κ1) is 28.0. The van der Waals surface area contributed by atoms with Crippen molar-refractivity contribution in [1.29, 1.82) is 5.26 Å². The van der Waals surface area contributed by atoms with Gasteiger partial charge in [-0.2, -0.15) is 8.42 Å². The van der Waals surface area contributed by atoms with E-state index < -0.39 is 76.5 Å². The molecule has 0 fully saturated rings. The van der Waals surface area contributed by atoms with Gasteiger partial charge in [-0.05, 0) is 17.5 Å². The summed E-state index contributed by atoms with van der Waals surface area (Å²) < 4.78 is 64.1. The van der Waals surface area contributed by atoms with Crippen molar-refractivity contribution < 1.29 is 40.8 Å². The Bertz CT molecular complexity index is 1670. The number of ether oxygens (including phenoxy) is 1. The van der Waals surface area contributed by atoms with Crippen molar-refractivity contribution in [3.8, 4) is 6.07 Å². The van der Waals surface area contributed by atoms with E-state index in [4.69, 9.17) is 15.9 Å². The molecule has 2 N–H and O–H groups in total. The monoisotopic (exact) mass is 554 g/mol. The lowest BCUT2D eigenvalue weighted by Crippen LogP contribution is -2.27. The number of rotatable bonds is 8. The van der Waals surface area contributed by atoms with Crippen LogP contribution in [0.2, 0.25) is 0 Å².